The van der Waals surface area contributed by atoms with Gasteiger partial charge in [0, 0.05) is 12.2 Å². The quantitative estimate of drug-likeness (QED) is 0.713. The number of hydrogen-bond donors (Lipinski definition) is 3. The number of urea groups is 1. The van der Waals surface area contributed by atoms with Crippen LogP contribution >= 0.6 is 0 Å². The van der Waals surface area contributed by atoms with Crippen LogP contribution < -0.4 is 10.6 Å². The topological polar surface area (TPSA) is 78.4 Å². The van der Waals surface area contributed by atoms with Gasteiger partial charge in [-0.1, -0.05) is 29.8 Å². The van der Waals surface area contributed by atoms with E-state index in [9.17, 15) is 9.59 Å². The average molecular weight is 262 g/mol. The molecular weight excluding hydrogens is 244 g/mol. The largest absolute Gasteiger partial charge is 0.481 e. The molecule has 0 aromatic heterocycles. The van der Waals surface area contributed by atoms with E-state index in [0.717, 1.165) is 5.57 Å². The minimum atomic E-state index is -0.931. The van der Waals surface area contributed by atoms with Crippen LogP contribution in [0.4, 0.5) is 10.5 Å². The van der Waals surface area contributed by atoms with Gasteiger partial charge in [0.25, 0.3) is 0 Å². The molecule has 3 N–H and O–H groups in total. The number of carbonyl (C=O) groups excluding carboxylic acids is 1. The molecule has 1 aromatic carbocycles. The van der Waals surface area contributed by atoms with Crippen molar-refractivity contribution in [1.82, 2.24) is 5.32 Å². The number of nitrogens with one attached hydrogen (secondary N) is 2. The molecule has 1 aromatic rings. The van der Waals surface area contributed by atoms with Gasteiger partial charge in [-0.25, -0.2) is 4.79 Å². The Hall–Kier alpha value is -2.30. The maximum atomic E-state index is 11.6. The fraction of sp³-hybridized carbons (Fsp3) is 0.286. The van der Waals surface area contributed by atoms with Crippen LogP contribution in [-0.4, -0.2) is 23.7 Å². The normalized spacial score (nSPS) is 9.58. The number of carboxylic acid groups (broad SMARTS) is 1. The molecule has 0 aliphatic rings. The summed E-state index contributed by atoms with van der Waals surface area (Å²) in [6.45, 7) is 4.33. The Morgan fingerprint density at radius 2 is 1.95 bits per heavy atom. The number of para-hydroxylation sites is 1. The fourth-order valence-electron chi connectivity index (χ4n) is 1.47. The molecule has 2 amide bonds. The molecule has 0 radical (unpaired) electrons. The predicted molar refractivity (Wildman–Crippen MR) is 74.2 cm³/mol. The maximum Gasteiger partial charge on any atom is 0.319 e. The molecule has 5 nitrogen and oxygen atoms in total. The lowest BCUT2D eigenvalue weighted by atomic mass is 10.1. The Bertz CT molecular complexity index is 491. The number of amides is 2. The van der Waals surface area contributed by atoms with E-state index in [1.165, 1.54) is 0 Å². The summed E-state index contributed by atoms with van der Waals surface area (Å²) in [5, 5.41) is 14.1. The molecule has 0 saturated carbocycles. The molecule has 0 heterocycles. The van der Waals surface area contributed by atoms with Gasteiger partial charge in [0.15, 0.2) is 0 Å². The molecule has 0 saturated heterocycles. The molecule has 102 valence electrons. The first-order chi connectivity index (χ1) is 8.99. The van der Waals surface area contributed by atoms with E-state index in [0.29, 0.717) is 17.8 Å². The van der Waals surface area contributed by atoms with Crippen molar-refractivity contribution in [3.63, 3.8) is 0 Å². The smallest absolute Gasteiger partial charge is 0.319 e. The number of carboxylic acids is 1. The van der Waals surface area contributed by atoms with Crippen LogP contribution in [0.3, 0.4) is 0 Å². The highest BCUT2D eigenvalue weighted by Gasteiger charge is 2.08. The minimum absolute atomic E-state index is 0.121. The van der Waals surface area contributed by atoms with Crippen LogP contribution in [0.15, 0.2) is 35.9 Å². The SMILES string of the molecule is CC(C)=CCNC(=O)Nc1ccccc1CC(=O)O. The molecular formula is C14H18N2O3. The first-order valence-electron chi connectivity index (χ1n) is 5.97. The van der Waals surface area contributed by atoms with Gasteiger partial charge >= 0.3 is 12.0 Å². The molecule has 0 unspecified atom stereocenters. The molecule has 0 atom stereocenters. The minimum Gasteiger partial charge on any atom is -0.481 e. The average Bonchev–Trinajstić information content (AvgIpc) is 2.30. The highest BCUT2D eigenvalue weighted by Crippen LogP contribution is 2.15. The number of allylic oxidation sites excluding steroid dienone is 1. The summed E-state index contributed by atoms with van der Waals surface area (Å²) in [5.41, 5.74) is 2.21. The molecule has 0 bridgehead atoms. The first kappa shape index (κ1) is 14.8. The summed E-state index contributed by atoms with van der Waals surface area (Å²) in [6, 6.07) is 6.50. The lowest BCUT2D eigenvalue weighted by Gasteiger charge is -2.10. The summed E-state index contributed by atoms with van der Waals surface area (Å²) in [5.74, 6) is -0.931. The van der Waals surface area contributed by atoms with Crippen LogP contribution in [0.2, 0.25) is 0 Å². The number of hydrogen-bond acceptors (Lipinski definition) is 2. The Labute approximate surface area is 112 Å². The second kappa shape index (κ2) is 7.20. The number of aliphatic carboxylic acids is 1. The van der Waals surface area contributed by atoms with Gasteiger partial charge in [-0.15, -0.1) is 0 Å². The molecule has 19 heavy (non-hydrogen) atoms. The lowest BCUT2D eigenvalue weighted by Crippen LogP contribution is -2.29. The monoisotopic (exact) mass is 262 g/mol. The zero-order valence-corrected chi connectivity index (χ0v) is 11.1. The van der Waals surface area contributed by atoms with Crippen molar-refractivity contribution in [2.75, 3.05) is 11.9 Å². The number of benzene rings is 1. The summed E-state index contributed by atoms with van der Waals surface area (Å²) in [7, 11) is 0. The van der Waals surface area contributed by atoms with Crippen molar-refractivity contribution < 1.29 is 14.7 Å². The Morgan fingerprint density at radius 3 is 2.58 bits per heavy atom. The zero-order valence-electron chi connectivity index (χ0n) is 11.1. The van der Waals surface area contributed by atoms with Gasteiger partial charge in [0.2, 0.25) is 0 Å². The number of anilines is 1. The third-order valence-electron chi connectivity index (χ3n) is 2.38. The first-order valence-corrected chi connectivity index (χ1v) is 5.97. The lowest BCUT2D eigenvalue weighted by molar-refractivity contribution is -0.136. The van der Waals surface area contributed by atoms with Crippen molar-refractivity contribution in [3.05, 3.63) is 41.5 Å². The van der Waals surface area contributed by atoms with Crippen molar-refractivity contribution in [2.24, 2.45) is 0 Å². The van der Waals surface area contributed by atoms with Crippen LogP contribution in [0.5, 0.6) is 0 Å². The summed E-state index contributed by atoms with van der Waals surface area (Å²) >= 11 is 0. The molecule has 0 aliphatic carbocycles. The van der Waals surface area contributed by atoms with Gasteiger partial charge in [-0.2, -0.15) is 0 Å². The number of rotatable bonds is 5. The fourth-order valence-corrected chi connectivity index (χ4v) is 1.47. The van der Waals surface area contributed by atoms with E-state index in [1.54, 1.807) is 24.3 Å². The summed E-state index contributed by atoms with van der Waals surface area (Å²) in [4.78, 5) is 22.4. The second-order valence-electron chi connectivity index (χ2n) is 4.34. The number of carbonyl (C=O) groups is 2. The molecule has 1 rings (SSSR count). The standard InChI is InChI=1S/C14H18N2O3/c1-10(2)7-8-15-14(19)16-12-6-4-3-5-11(12)9-13(17)18/h3-7H,8-9H2,1-2H3,(H,17,18)(H2,15,16,19). The maximum absolute atomic E-state index is 11.6. The third kappa shape index (κ3) is 5.72. The van der Waals surface area contributed by atoms with Crippen molar-refractivity contribution in [3.8, 4) is 0 Å². The van der Waals surface area contributed by atoms with E-state index in [4.69, 9.17) is 5.11 Å². The Kier molecular flexibility index (Phi) is 5.60. The third-order valence-corrected chi connectivity index (χ3v) is 2.38. The van der Waals surface area contributed by atoms with E-state index >= 15 is 0 Å². The highest BCUT2D eigenvalue weighted by molar-refractivity contribution is 5.91. The summed E-state index contributed by atoms with van der Waals surface area (Å²) < 4.78 is 0. The van der Waals surface area contributed by atoms with Gasteiger partial charge in [-0.3, -0.25) is 4.79 Å². The second-order valence-corrected chi connectivity index (χ2v) is 4.34. The van der Waals surface area contributed by atoms with E-state index in [-0.39, 0.29) is 12.5 Å². The molecule has 0 fully saturated rings. The van der Waals surface area contributed by atoms with E-state index < -0.39 is 5.97 Å². The predicted octanol–water partition coefficient (Wildman–Crippen LogP) is 2.40. The van der Waals surface area contributed by atoms with Crippen LogP contribution in [0, 0.1) is 0 Å². The van der Waals surface area contributed by atoms with Gasteiger partial charge in [-0.05, 0) is 25.5 Å². The van der Waals surface area contributed by atoms with Gasteiger partial charge in [0.05, 0.1) is 6.42 Å². The van der Waals surface area contributed by atoms with E-state index in [1.807, 2.05) is 19.9 Å². The molecule has 0 aliphatic heterocycles. The van der Waals surface area contributed by atoms with Crippen LogP contribution in [-0.2, 0) is 11.2 Å². The Morgan fingerprint density at radius 1 is 1.26 bits per heavy atom. The van der Waals surface area contributed by atoms with E-state index in [2.05, 4.69) is 10.6 Å². The van der Waals surface area contributed by atoms with Crippen LogP contribution in [0.25, 0.3) is 0 Å². The molecule has 0 spiro atoms. The van der Waals surface area contributed by atoms with Gasteiger partial charge in [0.1, 0.15) is 0 Å². The molecule has 5 heteroatoms. The summed E-state index contributed by atoms with van der Waals surface area (Å²) in [6.07, 6.45) is 1.77. The Balaban J connectivity index is 2.63. The van der Waals surface area contributed by atoms with Crippen molar-refractivity contribution in [2.45, 2.75) is 20.3 Å². The van der Waals surface area contributed by atoms with Crippen LogP contribution in [0.1, 0.15) is 19.4 Å². The zero-order chi connectivity index (χ0) is 14.3. The van der Waals surface area contributed by atoms with Gasteiger partial charge < -0.3 is 15.7 Å². The highest BCUT2D eigenvalue weighted by atomic mass is 16.4. The van der Waals surface area contributed by atoms with Crippen molar-refractivity contribution >= 4 is 17.7 Å². The van der Waals surface area contributed by atoms with Crippen molar-refractivity contribution in [1.29, 1.82) is 0 Å².